The predicted octanol–water partition coefficient (Wildman–Crippen LogP) is 1.79. The van der Waals surface area contributed by atoms with Gasteiger partial charge in [0.15, 0.2) is 0 Å². The number of halogens is 1. The summed E-state index contributed by atoms with van der Waals surface area (Å²) in [4.78, 5) is 11.9. The molecule has 6 heteroatoms. The van der Waals surface area contributed by atoms with E-state index in [0.717, 1.165) is 12.8 Å². The first kappa shape index (κ1) is 16.0. The van der Waals surface area contributed by atoms with E-state index < -0.39 is 0 Å². The van der Waals surface area contributed by atoms with Crippen LogP contribution >= 0.6 is 12.4 Å². The summed E-state index contributed by atoms with van der Waals surface area (Å²) < 4.78 is 1.78. The molecule has 0 unspecified atom stereocenters. The van der Waals surface area contributed by atoms with E-state index in [1.165, 1.54) is 5.56 Å². The van der Waals surface area contributed by atoms with Crippen molar-refractivity contribution in [3.05, 3.63) is 47.8 Å². The average molecular weight is 295 g/mol. The second kappa shape index (κ2) is 7.55. The molecule has 0 aliphatic carbocycles. The molecule has 0 aliphatic heterocycles. The van der Waals surface area contributed by atoms with Crippen LogP contribution in [0.25, 0.3) is 0 Å². The number of nitrogens with two attached hydrogens (primary N) is 1. The van der Waals surface area contributed by atoms with Crippen LogP contribution in [-0.2, 0) is 13.5 Å². The van der Waals surface area contributed by atoms with Gasteiger partial charge in [0.05, 0.1) is 11.8 Å². The number of para-hydroxylation sites is 1. The normalized spacial score (nSPS) is 9.85. The molecule has 0 radical (unpaired) electrons. The fraction of sp³-hybridized carbons (Fsp3) is 0.286. The second-order valence-corrected chi connectivity index (χ2v) is 4.47. The Hall–Kier alpha value is -2.01. The summed E-state index contributed by atoms with van der Waals surface area (Å²) >= 11 is 0. The molecule has 0 saturated carbocycles. The third kappa shape index (κ3) is 4.28. The van der Waals surface area contributed by atoms with Gasteiger partial charge in [0, 0.05) is 25.5 Å². The summed E-state index contributed by atoms with van der Waals surface area (Å²) in [6.45, 7) is 0.627. The van der Waals surface area contributed by atoms with Crippen LogP contribution in [-0.4, -0.2) is 22.2 Å². The molecular formula is C14H19ClN4O. The van der Waals surface area contributed by atoms with Crippen molar-refractivity contribution in [2.45, 2.75) is 12.8 Å². The summed E-state index contributed by atoms with van der Waals surface area (Å²) in [5.41, 5.74) is 7.96. The van der Waals surface area contributed by atoms with E-state index >= 15 is 0 Å². The van der Waals surface area contributed by atoms with Gasteiger partial charge in [-0.3, -0.25) is 9.48 Å². The number of benzene rings is 1. The monoisotopic (exact) mass is 294 g/mol. The van der Waals surface area contributed by atoms with Crippen molar-refractivity contribution in [3.8, 4) is 0 Å². The van der Waals surface area contributed by atoms with Crippen molar-refractivity contribution in [3.63, 3.8) is 0 Å². The van der Waals surface area contributed by atoms with Gasteiger partial charge >= 0.3 is 0 Å². The number of nitrogen functional groups attached to an aromatic ring is 1. The fourth-order valence-electron chi connectivity index (χ4n) is 1.89. The number of amides is 1. The number of aromatic nitrogens is 2. The van der Waals surface area contributed by atoms with Crippen LogP contribution in [0.2, 0.25) is 0 Å². The van der Waals surface area contributed by atoms with Crippen LogP contribution < -0.4 is 11.1 Å². The molecule has 0 bridgehead atoms. The van der Waals surface area contributed by atoms with Gasteiger partial charge in [0.1, 0.15) is 0 Å². The molecule has 0 atom stereocenters. The second-order valence-electron chi connectivity index (χ2n) is 4.47. The molecule has 0 fully saturated rings. The molecule has 1 heterocycles. The summed E-state index contributed by atoms with van der Waals surface area (Å²) in [5, 5.41) is 6.97. The Labute approximate surface area is 124 Å². The summed E-state index contributed by atoms with van der Waals surface area (Å²) in [6, 6.07) is 7.08. The Balaban J connectivity index is 0.00000200. The summed E-state index contributed by atoms with van der Waals surface area (Å²) in [7, 11) is 1.89. The SMILES string of the molecule is Cl.Cn1cc(CCCNC(=O)c2ccccc2N)cn1. The smallest absolute Gasteiger partial charge is 0.253 e. The topological polar surface area (TPSA) is 72.9 Å². The Morgan fingerprint density at radius 3 is 2.80 bits per heavy atom. The number of carbonyl (C=O) groups excluding carboxylic acids is 1. The maximum absolute atomic E-state index is 11.9. The van der Waals surface area contributed by atoms with Crippen molar-refractivity contribution in [1.82, 2.24) is 15.1 Å². The van der Waals surface area contributed by atoms with E-state index in [1.807, 2.05) is 25.5 Å². The molecule has 0 saturated heterocycles. The lowest BCUT2D eigenvalue weighted by molar-refractivity contribution is 0.0954. The number of anilines is 1. The van der Waals surface area contributed by atoms with Gasteiger partial charge in [0.25, 0.3) is 5.91 Å². The van der Waals surface area contributed by atoms with E-state index in [4.69, 9.17) is 5.73 Å². The van der Waals surface area contributed by atoms with Crippen molar-refractivity contribution in [1.29, 1.82) is 0 Å². The Kier molecular flexibility index (Phi) is 6.06. The Morgan fingerprint density at radius 1 is 1.40 bits per heavy atom. The molecule has 1 aromatic carbocycles. The van der Waals surface area contributed by atoms with E-state index in [2.05, 4.69) is 10.4 Å². The summed E-state index contributed by atoms with van der Waals surface area (Å²) in [6.07, 6.45) is 5.61. The predicted molar refractivity (Wildman–Crippen MR) is 82.0 cm³/mol. The molecule has 1 amide bonds. The van der Waals surface area contributed by atoms with E-state index in [-0.39, 0.29) is 18.3 Å². The first-order valence-corrected chi connectivity index (χ1v) is 6.27. The van der Waals surface area contributed by atoms with Gasteiger partial charge in [-0.15, -0.1) is 12.4 Å². The van der Waals surface area contributed by atoms with Gasteiger partial charge in [-0.05, 0) is 30.5 Å². The number of nitrogens with zero attached hydrogens (tertiary/aromatic N) is 2. The lowest BCUT2D eigenvalue weighted by atomic mass is 10.1. The number of hydrogen-bond donors (Lipinski definition) is 2. The Morgan fingerprint density at radius 2 is 2.15 bits per heavy atom. The first-order valence-electron chi connectivity index (χ1n) is 6.27. The average Bonchev–Trinajstić information content (AvgIpc) is 2.81. The molecular weight excluding hydrogens is 276 g/mol. The minimum Gasteiger partial charge on any atom is -0.398 e. The Bertz CT molecular complexity index is 568. The highest BCUT2D eigenvalue weighted by Gasteiger charge is 2.07. The highest BCUT2D eigenvalue weighted by molar-refractivity contribution is 5.98. The fourth-order valence-corrected chi connectivity index (χ4v) is 1.89. The van der Waals surface area contributed by atoms with Gasteiger partial charge in [-0.1, -0.05) is 12.1 Å². The van der Waals surface area contributed by atoms with E-state index in [9.17, 15) is 4.79 Å². The number of nitrogens with one attached hydrogen (secondary N) is 1. The van der Waals surface area contributed by atoms with E-state index in [1.54, 1.807) is 22.9 Å². The third-order valence-electron chi connectivity index (χ3n) is 2.89. The molecule has 0 aliphatic rings. The number of aryl methyl sites for hydroxylation is 2. The van der Waals surface area contributed by atoms with Crippen LogP contribution in [0.3, 0.4) is 0 Å². The highest BCUT2D eigenvalue weighted by Crippen LogP contribution is 2.09. The van der Waals surface area contributed by atoms with Gasteiger partial charge in [-0.25, -0.2) is 0 Å². The molecule has 2 rings (SSSR count). The number of rotatable bonds is 5. The lowest BCUT2D eigenvalue weighted by Crippen LogP contribution is -2.25. The zero-order valence-electron chi connectivity index (χ0n) is 11.4. The largest absolute Gasteiger partial charge is 0.398 e. The highest BCUT2D eigenvalue weighted by atomic mass is 35.5. The summed E-state index contributed by atoms with van der Waals surface area (Å²) in [5.74, 6) is -0.121. The van der Waals surface area contributed by atoms with Crippen LogP contribution in [0.4, 0.5) is 5.69 Å². The molecule has 5 nitrogen and oxygen atoms in total. The van der Waals surface area contributed by atoms with E-state index in [0.29, 0.717) is 17.8 Å². The molecule has 3 N–H and O–H groups in total. The standard InChI is InChI=1S/C14H18N4O.ClH/c1-18-10-11(9-17-18)5-4-8-16-14(19)12-6-2-3-7-13(12)15;/h2-3,6-7,9-10H,4-5,8,15H2,1H3,(H,16,19);1H. The zero-order valence-corrected chi connectivity index (χ0v) is 12.2. The van der Waals surface area contributed by atoms with Crippen LogP contribution in [0, 0.1) is 0 Å². The van der Waals surface area contributed by atoms with Crippen LogP contribution in [0.5, 0.6) is 0 Å². The maximum atomic E-state index is 11.9. The van der Waals surface area contributed by atoms with Crippen molar-refractivity contribution >= 4 is 24.0 Å². The lowest BCUT2D eigenvalue weighted by Gasteiger charge is -2.06. The molecule has 108 valence electrons. The van der Waals surface area contributed by atoms with Crippen molar-refractivity contribution in [2.24, 2.45) is 7.05 Å². The van der Waals surface area contributed by atoms with Gasteiger partial charge in [0.2, 0.25) is 0 Å². The quantitative estimate of drug-likeness (QED) is 0.652. The molecule has 2 aromatic rings. The number of carbonyl (C=O) groups is 1. The molecule has 0 spiro atoms. The first-order chi connectivity index (χ1) is 9.16. The van der Waals surface area contributed by atoms with Crippen molar-refractivity contribution < 1.29 is 4.79 Å². The minimum atomic E-state index is -0.121. The molecule has 20 heavy (non-hydrogen) atoms. The van der Waals surface area contributed by atoms with Gasteiger partial charge < -0.3 is 11.1 Å². The number of hydrogen-bond acceptors (Lipinski definition) is 3. The van der Waals surface area contributed by atoms with Crippen molar-refractivity contribution in [2.75, 3.05) is 12.3 Å². The minimum absolute atomic E-state index is 0. The maximum Gasteiger partial charge on any atom is 0.253 e. The third-order valence-corrected chi connectivity index (χ3v) is 2.89. The molecule has 1 aromatic heterocycles. The van der Waals surface area contributed by atoms with Crippen LogP contribution in [0.15, 0.2) is 36.7 Å². The van der Waals surface area contributed by atoms with Crippen LogP contribution in [0.1, 0.15) is 22.3 Å². The zero-order chi connectivity index (χ0) is 13.7. The van der Waals surface area contributed by atoms with Gasteiger partial charge in [-0.2, -0.15) is 5.10 Å².